The number of carbonyl (C=O) groups excluding carboxylic acids is 2. The van der Waals surface area contributed by atoms with Crippen molar-refractivity contribution in [2.24, 2.45) is 0 Å². The van der Waals surface area contributed by atoms with Crippen LogP contribution in [0.2, 0.25) is 0 Å². The van der Waals surface area contributed by atoms with Crippen molar-refractivity contribution in [1.82, 2.24) is 10.6 Å². The van der Waals surface area contributed by atoms with Crippen LogP contribution < -0.4 is 21.3 Å². The van der Waals surface area contributed by atoms with Crippen LogP contribution in [0.5, 0.6) is 0 Å². The van der Waals surface area contributed by atoms with E-state index in [2.05, 4.69) is 10.6 Å². The van der Waals surface area contributed by atoms with E-state index in [0.717, 1.165) is 36.2 Å². The van der Waals surface area contributed by atoms with Gasteiger partial charge in [0, 0.05) is 30.0 Å². The molecule has 2 aliphatic rings. The van der Waals surface area contributed by atoms with Gasteiger partial charge in [-0.2, -0.15) is 0 Å². The number of benzene rings is 2. The number of aryl methyl sites for hydroxylation is 1. The van der Waals surface area contributed by atoms with Crippen molar-refractivity contribution in [3.05, 3.63) is 59.2 Å². The van der Waals surface area contributed by atoms with Crippen LogP contribution in [-0.4, -0.2) is 25.0 Å². The second kappa shape index (κ2) is 7.88. The van der Waals surface area contributed by atoms with E-state index < -0.39 is 0 Å². The molecule has 0 bridgehead atoms. The Hall–Kier alpha value is -2.73. The largest absolute Gasteiger partial charge is 0.399 e. The Bertz CT molecular complexity index is 854. The van der Waals surface area contributed by atoms with Gasteiger partial charge in [0.1, 0.15) is 0 Å². The minimum absolute atomic E-state index is 0. The number of hydrogen-bond acceptors (Lipinski definition) is 3. The highest BCUT2D eigenvalue weighted by Crippen LogP contribution is 2.31. The number of hydrogen-bond donors (Lipinski definition) is 3. The molecule has 1 atom stereocenters. The van der Waals surface area contributed by atoms with Crippen LogP contribution in [0.25, 0.3) is 0 Å². The van der Waals surface area contributed by atoms with E-state index in [0.29, 0.717) is 18.7 Å². The molecule has 0 saturated carbocycles. The Labute approximate surface area is 164 Å². The Morgan fingerprint density at radius 3 is 2.67 bits per heavy atom. The first kappa shape index (κ1) is 19.0. The second-order valence-corrected chi connectivity index (χ2v) is 6.81. The molecule has 1 fully saturated rings. The minimum atomic E-state index is -0.0999. The number of fused-ring (bicyclic) bond motifs is 1. The standard InChI is InChI=1S/C20H22N4O2.ClH/c21-15-6-9-17-14(12-15)2-1-3-18(17)23-19(25)13-4-7-16(8-5-13)24-11-10-22-20(24)26;/h4-9,12,18H,1-3,10-11,21H2,(H,22,26)(H,23,25);1H. The van der Waals surface area contributed by atoms with Gasteiger partial charge in [-0.15, -0.1) is 12.4 Å². The van der Waals surface area contributed by atoms with Crippen molar-refractivity contribution in [2.45, 2.75) is 25.3 Å². The molecule has 1 saturated heterocycles. The van der Waals surface area contributed by atoms with Crippen LogP contribution in [-0.2, 0) is 6.42 Å². The van der Waals surface area contributed by atoms with Gasteiger partial charge in [-0.1, -0.05) is 6.07 Å². The summed E-state index contributed by atoms with van der Waals surface area (Å²) in [5, 5.41) is 5.91. The zero-order valence-corrected chi connectivity index (χ0v) is 15.7. The number of nitrogen functional groups attached to an aromatic ring is 1. The molecule has 0 spiro atoms. The van der Waals surface area contributed by atoms with Gasteiger partial charge in [0.15, 0.2) is 0 Å². The third-order valence-electron chi connectivity index (χ3n) is 5.08. The lowest BCUT2D eigenvalue weighted by molar-refractivity contribution is 0.0933. The first-order chi connectivity index (χ1) is 12.6. The summed E-state index contributed by atoms with van der Waals surface area (Å²) < 4.78 is 0. The van der Waals surface area contributed by atoms with Crippen LogP contribution in [0.1, 0.15) is 40.4 Å². The maximum Gasteiger partial charge on any atom is 0.321 e. The molecular formula is C20H23ClN4O2. The molecule has 27 heavy (non-hydrogen) atoms. The van der Waals surface area contributed by atoms with Crippen LogP contribution in [0.3, 0.4) is 0 Å². The number of halogens is 1. The summed E-state index contributed by atoms with van der Waals surface area (Å²) in [4.78, 5) is 26.1. The molecule has 1 aliphatic carbocycles. The molecule has 142 valence electrons. The van der Waals surface area contributed by atoms with E-state index in [1.165, 1.54) is 5.56 Å². The van der Waals surface area contributed by atoms with Crippen molar-refractivity contribution in [3.8, 4) is 0 Å². The van der Waals surface area contributed by atoms with E-state index in [9.17, 15) is 9.59 Å². The van der Waals surface area contributed by atoms with E-state index in [-0.39, 0.29) is 30.4 Å². The number of nitrogens with zero attached hydrogens (tertiary/aromatic N) is 1. The number of nitrogens with one attached hydrogen (secondary N) is 2. The van der Waals surface area contributed by atoms with Crippen molar-refractivity contribution >= 4 is 35.7 Å². The molecule has 4 N–H and O–H groups in total. The van der Waals surface area contributed by atoms with Gasteiger partial charge < -0.3 is 16.4 Å². The summed E-state index contributed by atoms with van der Waals surface area (Å²) in [5.74, 6) is -0.0999. The SMILES string of the molecule is Cl.Nc1ccc2c(c1)CCCC2NC(=O)c1ccc(N2CCNC2=O)cc1. The van der Waals surface area contributed by atoms with Crippen molar-refractivity contribution < 1.29 is 9.59 Å². The Morgan fingerprint density at radius 2 is 1.96 bits per heavy atom. The van der Waals surface area contributed by atoms with E-state index in [1.807, 2.05) is 30.3 Å². The highest BCUT2D eigenvalue weighted by Gasteiger charge is 2.23. The van der Waals surface area contributed by atoms with E-state index in [4.69, 9.17) is 5.73 Å². The van der Waals surface area contributed by atoms with Crippen LogP contribution in [0.15, 0.2) is 42.5 Å². The highest BCUT2D eigenvalue weighted by molar-refractivity contribution is 5.97. The Morgan fingerprint density at radius 1 is 1.19 bits per heavy atom. The molecule has 4 rings (SSSR count). The predicted octanol–water partition coefficient (Wildman–Crippen LogP) is 3.03. The van der Waals surface area contributed by atoms with Gasteiger partial charge in [-0.25, -0.2) is 4.79 Å². The summed E-state index contributed by atoms with van der Waals surface area (Å²) in [7, 11) is 0. The van der Waals surface area contributed by atoms with Crippen LogP contribution >= 0.6 is 12.4 Å². The van der Waals surface area contributed by atoms with Crippen LogP contribution in [0, 0.1) is 0 Å². The summed E-state index contributed by atoms with van der Waals surface area (Å²) in [5.41, 5.74) is 10.4. The normalized spacial score (nSPS) is 18.3. The first-order valence-electron chi connectivity index (χ1n) is 8.96. The molecule has 1 heterocycles. The van der Waals surface area contributed by atoms with Gasteiger partial charge in [0.05, 0.1) is 6.04 Å². The van der Waals surface area contributed by atoms with E-state index in [1.54, 1.807) is 17.0 Å². The fraction of sp³-hybridized carbons (Fsp3) is 0.300. The second-order valence-electron chi connectivity index (χ2n) is 6.81. The molecule has 0 aromatic heterocycles. The number of rotatable bonds is 3. The number of anilines is 2. The quantitative estimate of drug-likeness (QED) is 0.708. The third-order valence-corrected chi connectivity index (χ3v) is 5.08. The highest BCUT2D eigenvalue weighted by atomic mass is 35.5. The molecule has 2 aromatic rings. The maximum absolute atomic E-state index is 12.7. The smallest absolute Gasteiger partial charge is 0.321 e. The molecular weight excluding hydrogens is 364 g/mol. The van der Waals surface area contributed by atoms with Gasteiger partial charge in [0.25, 0.3) is 5.91 Å². The molecule has 7 heteroatoms. The third kappa shape index (κ3) is 3.85. The fourth-order valence-electron chi connectivity index (χ4n) is 3.74. The number of nitrogens with two attached hydrogens (primary N) is 1. The van der Waals surface area contributed by atoms with Gasteiger partial charge in [-0.05, 0) is 66.8 Å². The molecule has 2 aromatic carbocycles. The molecule has 0 radical (unpaired) electrons. The van der Waals surface area contributed by atoms with Gasteiger partial charge in [0.2, 0.25) is 0 Å². The average Bonchev–Trinajstić information content (AvgIpc) is 3.07. The summed E-state index contributed by atoms with van der Waals surface area (Å²) >= 11 is 0. The summed E-state index contributed by atoms with van der Waals surface area (Å²) in [6.45, 7) is 1.29. The van der Waals surface area contributed by atoms with E-state index >= 15 is 0 Å². The van der Waals surface area contributed by atoms with Gasteiger partial charge >= 0.3 is 6.03 Å². The molecule has 1 aliphatic heterocycles. The molecule has 6 nitrogen and oxygen atoms in total. The lowest BCUT2D eigenvalue weighted by Gasteiger charge is -2.26. The monoisotopic (exact) mass is 386 g/mol. The van der Waals surface area contributed by atoms with Gasteiger partial charge in [-0.3, -0.25) is 9.69 Å². The fourth-order valence-corrected chi connectivity index (χ4v) is 3.74. The first-order valence-corrected chi connectivity index (χ1v) is 8.96. The summed E-state index contributed by atoms with van der Waals surface area (Å²) in [6.07, 6.45) is 2.96. The van der Waals surface area contributed by atoms with Crippen molar-refractivity contribution in [1.29, 1.82) is 0 Å². The zero-order chi connectivity index (χ0) is 18.1. The summed E-state index contributed by atoms with van der Waals surface area (Å²) in [6, 6.07) is 13.0. The Balaban J connectivity index is 0.00000210. The maximum atomic E-state index is 12.7. The number of urea groups is 1. The van der Waals surface area contributed by atoms with Crippen molar-refractivity contribution in [2.75, 3.05) is 23.7 Å². The molecule has 3 amide bonds. The lowest BCUT2D eigenvalue weighted by Crippen LogP contribution is -2.31. The topological polar surface area (TPSA) is 87.5 Å². The average molecular weight is 387 g/mol. The number of amides is 3. The predicted molar refractivity (Wildman–Crippen MR) is 108 cm³/mol. The molecule has 1 unspecified atom stereocenters. The Kier molecular flexibility index (Phi) is 5.56. The zero-order valence-electron chi connectivity index (χ0n) is 14.9. The lowest BCUT2D eigenvalue weighted by atomic mass is 9.87. The van der Waals surface area contributed by atoms with Crippen molar-refractivity contribution in [3.63, 3.8) is 0 Å². The number of carbonyl (C=O) groups is 2. The minimum Gasteiger partial charge on any atom is -0.399 e. The van der Waals surface area contributed by atoms with Crippen LogP contribution in [0.4, 0.5) is 16.2 Å².